The first kappa shape index (κ1) is 22.9. The van der Waals surface area contributed by atoms with Crippen LogP contribution in [0.1, 0.15) is 22.8 Å². The molecule has 3 saturated heterocycles. The molecule has 5 rings (SSSR count). The quantitative estimate of drug-likeness (QED) is 0.605. The summed E-state index contributed by atoms with van der Waals surface area (Å²) in [6.07, 6.45) is 0.126. The molecular weight excluding hydrogens is 477 g/mol. The fourth-order valence-electron chi connectivity index (χ4n) is 5.90. The molecule has 176 valence electrons. The largest absolute Gasteiger partial charge is 0.339 e. The summed E-state index contributed by atoms with van der Waals surface area (Å²) < 4.78 is 0. The minimum Gasteiger partial charge on any atom is -0.339 e. The lowest BCUT2D eigenvalue weighted by Crippen LogP contribution is -2.70. The summed E-state index contributed by atoms with van der Waals surface area (Å²) in [5, 5.41) is 0.512. The maximum atomic E-state index is 14.1. The molecule has 0 aliphatic carbocycles. The number of hydrogen-bond acceptors (Lipinski definition) is 4. The first-order valence-corrected chi connectivity index (χ1v) is 11.9. The number of benzene rings is 2. The van der Waals surface area contributed by atoms with Gasteiger partial charge in [0.25, 0.3) is 5.91 Å². The Balaban J connectivity index is 1.73. The van der Waals surface area contributed by atoms with Crippen molar-refractivity contribution >= 4 is 46.8 Å². The van der Waals surface area contributed by atoms with Gasteiger partial charge >= 0.3 is 0 Å². The second kappa shape index (κ2) is 8.10. The SMILES string of the molecule is CCN1C[C@@H]2[C@@H]3C(=O)N(C)C(=O)[C@@H]3[C@](Cc3ccccc3)(C1=O)N2C(=O)c1ccc(Cl)c(Cl)c1. The van der Waals surface area contributed by atoms with Gasteiger partial charge in [-0.1, -0.05) is 53.5 Å². The molecule has 0 N–H and O–H groups in total. The van der Waals surface area contributed by atoms with Gasteiger partial charge in [0.1, 0.15) is 5.54 Å². The molecule has 2 bridgehead atoms. The molecule has 34 heavy (non-hydrogen) atoms. The van der Waals surface area contributed by atoms with E-state index in [9.17, 15) is 19.2 Å². The second-order valence-corrected chi connectivity index (χ2v) is 9.86. The highest BCUT2D eigenvalue weighted by atomic mass is 35.5. The average Bonchev–Trinajstić information content (AvgIpc) is 3.20. The Kier molecular flexibility index (Phi) is 5.45. The van der Waals surface area contributed by atoms with Gasteiger partial charge in [0.05, 0.1) is 27.9 Å². The van der Waals surface area contributed by atoms with Gasteiger partial charge in [0.2, 0.25) is 17.7 Å². The van der Waals surface area contributed by atoms with Gasteiger partial charge in [-0.2, -0.15) is 0 Å². The number of carbonyl (C=O) groups excluding carboxylic acids is 4. The molecule has 3 aliphatic heterocycles. The summed E-state index contributed by atoms with van der Waals surface area (Å²) in [7, 11) is 1.45. The highest BCUT2D eigenvalue weighted by Gasteiger charge is 2.74. The number of amides is 4. The van der Waals surface area contributed by atoms with E-state index in [0.717, 1.165) is 10.5 Å². The molecule has 2 aromatic rings. The van der Waals surface area contributed by atoms with Crippen LogP contribution in [0.25, 0.3) is 0 Å². The maximum absolute atomic E-state index is 14.1. The molecule has 3 fully saturated rings. The van der Waals surface area contributed by atoms with Crippen molar-refractivity contribution in [2.75, 3.05) is 20.1 Å². The molecule has 2 aromatic carbocycles. The van der Waals surface area contributed by atoms with Crippen LogP contribution in [-0.4, -0.2) is 70.0 Å². The van der Waals surface area contributed by atoms with Crippen molar-refractivity contribution in [3.8, 4) is 0 Å². The zero-order valence-electron chi connectivity index (χ0n) is 18.7. The number of nitrogens with zero attached hydrogens (tertiary/aromatic N) is 3. The summed E-state index contributed by atoms with van der Waals surface area (Å²) in [4.78, 5) is 59.1. The maximum Gasteiger partial charge on any atom is 0.255 e. The lowest BCUT2D eigenvalue weighted by Gasteiger charge is -2.49. The van der Waals surface area contributed by atoms with Crippen molar-refractivity contribution < 1.29 is 19.2 Å². The third-order valence-electron chi connectivity index (χ3n) is 7.41. The third-order valence-corrected chi connectivity index (χ3v) is 8.15. The fourth-order valence-corrected chi connectivity index (χ4v) is 6.19. The molecule has 3 heterocycles. The Morgan fingerprint density at radius 3 is 2.38 bits per heavy atom. The normalized spacial score (nSPS) is 28.1. The van der Waals surface area contributed by atoms with Crippen molar-refractivity contribution in [3.63, 3.8) is 0 Å². The van der Waals surface area contributed by atoms with E-state index < -0.39 is 35.2 Å². The van der Waals surface area contributed by atoms with Gasteiger partial charge < -0.3 is 9.80 Å². The van der Waals surface area contributed by atoms with Gasteiger partial charge in [-0.3, -0.25) is 24.1 Å². The van der Waals surface area contributed by atoms with Crippen LogP contribution in [0, 0.1) is 11.8 Å². The van der Waals surface area contributed by atoms with Crippen LogP contribution in [0.4, 0.5) is 0 Å². The van der Waals surface area contributed by atoms with Crippen LogP contribution in [-0.2, 0) is 20.8 Å². The molecular formula is C25H23Cl2N3O4. The lowest BCUT2D eigenvalue weighted by molar-refractivity contribution is -0.155. The number of halogens is 2. The van der Waals surface area contributed by atoms with E-state index in [-0.39, 0.29) is 35.4 Å². The number of likely N-dealkylation sites (tertiary alicyclic amines) is 2. The lowest BCUT2D eigenvalue weighted by atomic mass is 9.75. The molecule has 0 spiro atoms. The first-order valence-electron chi connectivity index (χ1n) is 11.2. The van der Waals surface area contributed by atoms with E-state index in [2.05, 4.69) is 0 Å². The van der Waals surface area contributed by atoms with E-state index in [4.69, 9.17) is 23.2 Å². The molecule has 0 radical (unpaired) electrons. The van der Waals surface area contributed by atoms with E-state index in [1.54, 1.807) is 11.0 Å². The predicted octanol–water partition coefficient (Wildman–Crippen LogP) is 2.89. The van der Waals surface area contributed by atoms with Crippen LogP contribution in [0.5, 0.6) is 0 Å². The van der Waals surface area contributed by atoms with Crippen LogP contribution in [0.15, 0.2) is 48.5 Å². The minimum atomic E-state index is -1.52. The molecule has 4 atom stereocenters. The Labute approximate surface area is 207 Å². The number of imide groups is 1. The van der Waals surface area contributed by atoms with Crippen LogP contribution >= 0.6 is 23.2 Å². The Morgan fingerprint density at radius 1 is 1.03 bits per heavy atom. The summed E-state index contributed by atoms with van der Waals surface area (Å²) in [5.41, 5.74) is -0.469. The van der Waals surface area contributed by atoms with Crippen LogP contribution in [0.2, 0.25) is 10.0 Å². The van der Waals surface area contributed by atoms with Gasteiger partial charge in [0, 0.05) is 32.1 Å². The molecule has 0 unspecified atom stereocenters. The number of rotatable bonds is 4. The van der Waals surface area contributed by atoms with E-state index in [1.165, 1.54) is 24.1 Å². The fraction of sp³-hybridized carbons (Fsp3) is 0.360. The van der Waals surface area contributed by atoms with Crippen molar-refractivity contribution in [2.24, 2.45) is 11.8 Å². The standard InChI is InChI=1S/C25H23Cl2N3O4/c1-3-29-13-18-19-20(23(33)28(2)22(19)32)25(24(29)34,12-14-7-5-4-6-8-14)30(18)21(31)15-9-10-16(26)17(27)11-15/h4-11,18-20H,3,12-13H2,1-2H3/t18-,19+,20-,25-/m1/s1. The number of fused-ring (bicyclic) bond motifs is 5. The van der Waals surface area contributed by atoms with Crippen LogP contribution in [0.3, 0.4) is 0 Å². The highest BCUT2D eigenvalue weighted by molar-refractivity contribution is 6.42. The average molecular weight is 500 g/mol. The van der Waals surface area contributed by atoms with Crippen LogP contribution < -0.4 is 0 Å². The third kappa shape index (κ3) is 3.03. The molecule has 0 saturated carbocycles. The van der Waals surface area contributed by atoms with E-state index in [0.29, 0.717) is 11.6 Å². The zero-order chi connectivity index (χ0) is 24.4. The van der Waals surface area contributed by atoms with Crippen molar-refractivity contribution in [2.45, 2.75) is 24.9 Å². The van der Waals surface area contributed by atoms with Crippen molar-refractivity contribution in [1.82, 2.24) is 14.7 Å². The number of piperazine rings is 1. The molecule has 3 aliphatic rings. The predicted molar refractivity (Wildman–Crippen MR) is 126 cm³/mol. The van der Waals surface area contributed by atoms with E-state index in [1.807, 2.05) is 37.3 Å². The zero-order valence-corrected chi connectivity index (χ0v) is 20.2. The Morgan fingerprint density at radius 2 is 1.74 bits per heavy atom. The molecule has 9 heteroatoms. The number of likely N-dealkylation sites (N-methyl/N-ethyl adjacent to an activating group) is 1. The van der Waals surface area contributed by atoms with Crippen molar-refractivity contribution in [3.05, 3.63) is 69.7 Å². The summed E-state index contributed by atoms with van der Waals surface area (Å²) in [5.74, 6) is -3.27. The van der Waals surface area contributed by atoms with Gasteiger partial charge in [-0.15, -0.1) is 0 Å². The number of hydrogen-bond donors (Lipinski definition) is 0. The smallest absolute Gasteiger partial charge is 0.255 e. The minimum absolute atomic E-state index is 0.126. The van der Waals surface area contributed by atoms with Gasteiger partial charge in [-0.25, -0.2) is 0 Å². The highest BCUT2D eigenvalue weighted by Crippen LogP contribution is 2.54. The van der Waals surface area contributed by atoms with Gasteiger partial charge in [-0.05, 0) is 30.7 Å². The van der Waals surface area contributed by atoms with Crippen molar-refractivity contribution in [1.29, 1.82) is 0 Å². The molecule has 0 aromatic heterocycles. The summed E-state index contributed by atoms with van der Waals surface area (Å²) in [6, 6.07) is 13.2. The topological polar surface area (TPSA) is 78.0 Å². The molecule has 7 nitrogen and oxygen atoms in total. The second-order valence-electron chi connectivity index (χ2n) is 9.04. The summed E-state index contributed by atoms with van der Waals surface area (Å²) in [6.45, 7) is 2.46. The summed E-state index contributed by atoms with van der Waals surface area (Å²) >= 11 is 12.2. The molecule has 4 amide bonds. The van der Waals surface area contributed by atoms with E-state index >= 15 is 0 Å². The Hall–Kier alpha value is -2.90. The Bertz CT molecular complexity index is 1220. The first-order chi connectivity index (χ1) is 16.2. The number of carbonyl (C=O) groups is 4. The van der Waals surface area contributed by atoms with Gasteiger partial charge in [0.15, 0.2) is 0 Å². The monoisotopic (exact) mass is 499 g/mol.